The van der Waals surface area contributed by atoms with Crippen molar-refractivity contribution in [3.05, 3.63) is 46.3 Å². The molecule has 0 unspecified atom stereocenters. The van der Waals surface area contributed by atoms with E-state index >= 15 is 0 Å². The molecule has 0 aliphatic rings. The largest absolute Gasteiger partial charge is 0.398 e. The van der Waals surface area contributed by atoms with Crippen LogP contribution in [0.4, 0.5) is 5.69 Å². The van der Waals surface area contributed by atoms with Crippen molar-refractivity contribution in [3.63, 3.8) is 0 Å². The van der Waals surface area contributed by atoms with Gasteiger partial charge in [0.25, 0.3) is 0 Å². The molecule has 3 rings (SSSR count). The first-order valence-corrected chi connectivity index (χ1v) is 7.62. The number of rotatable bonds is 2. The third kappa shape index (κ3) is 2.29. The molecule has 0 radical (unpaired) electrons. The van der Waals surface area contributed by atoms with Crippen LogP contribution in [-0.4, -0.2) is 4.37 Å². The van der Waals surface area contributed by atoms with Crippen molar-refractivity contribution < 1.29 is 0 Å². The van der Waals surface area contributed by atoms with E-state index in [0.717, 1.165) is 16.8 Å². The lowest BCUT2D eigenvalue weighted by molar-refractivity contribution is 1.53. The maximum Gasteiger partial charge on any atom is 0.0488 e. The lowest BCUT2D eigenvalue weighted by atomic mass is 10.0. The number of aryl methyl sites for hydroxylation is 2. The molecule has 3 aromatic rings. The van der Waals surface area contributed by atoms with Gasteiger partial charge in [0.05, 0.1) is 0 Å². The van der Waals surface area contributed by atoms with E-state index in [4.69, 9.17) is 5.73 Å². The predicted molar refractivity (Wildman–Crippen MR) is 84.7 cm³/mol. The minimum atomic E-state index is 0.824. The standard InChI is InChI=1S/C15H14N2S2/c1-9-3-6-15(18-9)12-5-4-11(7-14(12)16)13-8-17-19-10(13)2/h3-8H,16H2,1-2H3. The van der Waals surface area contributed by atoms with Gasteiger partial charge in [0.1, 0.15) is 0 Å². The van der Waals surface area contributed by atoms with Crippen LogP contribution in [0.25, 0.3) is 21.6 Å². The average molecular weight is 286 g/mol. The summed E-state index contributed by atoms with van der Waals surface area (Å²) in [7, 11) is 0. The fourth-order valence-electron chi connectivity index (χ4n) is 2.11. The first-order valence-electron chi connectivity index (χ1n) is 6.03. The molecule has 2 aromatic heterocycles. The van der Waals surface area contributed by atoms with Crippen LogP contribution in [0.3, 0.4) is 0 Å². The van der Waals surface area contributed by atoms with Crippen LogP contribution in [0.15, 0.2) is 36.5 Å². The molecule has 0 fully saturated rings. The maximum atomic E-state index is 6.21. The fraction of sp³-hybridized carbons (Fsp3) is 0.133. The highest BCUT2D eigenvalue weighted by atomic mass is 32.1. The Bertz CT molecular complexity index is 725. The number of nitrogens with zero attached hydrogens (tertiary/aromatic N) is 1. The molecule has 2 heterocycles. The molecule has 2 N–H and O–H groups in total. The van der Waals surface area contributed by atoms with E-state index in [1.165, 1.54) is 31.7 Å². The number of anilines is 1. The minimum Gasteiger partial charge on any atom is -0.398 e. The van der Waals surface area contributed by atoms with Crippen LogP contribution in [0.2, 0.25) is 0 Å². The molecule has 0 atom stereocenters. The van der Waals surface area contributed by atoms with Crippen molar-refractivity contribution >= 4 is 28.6 Å². The van der Waals surface area contributed by atoms with E-state index in [9.17, 15) is 0 Å². The Morgan fingerprint density at radius 3 is 2.47 bits per heavy atom. The van der Waals surface area contributed by atoms with Gasteiger partial charge < -0.3 is 5.73 Å². The third-order valence-corrected chi connectivity index (χ3v) is 4.86. The Balaban J connectivity index is 2.06. The number of nitrogen functional groups attached to an aromatic ring is 1. The molecular formula is C15H14N2S2. The second-order valence-electron chi connectivity index (χ2n) is 4.51. The lowest BCUT2D eigenvalue weighted by Gasteiger charge is -2.06. The van der Waals surface area contributed by atoms with Gasteiger partial charge in [-0.25, -0.2) is 4.37 Å². The van der Waals surface area contributed by atoms with Gasteiger partial charge in [0.2, 0.25) is 0 Å². The first kappa shape index (κ1) is 12.4. The zero-order valence-corrected chi connectivity index (χ0v) is 12.4. The summed E-state index contributed by atoms with van der Waals surface area (Å²) in [5, 5.41) is 0. The van der Waals surface area contributed by atoms with E-state index in [1.54, 1.807) is 11.3 Å². The normalized spacial score (nSPS) is 10.8. The molecule has 4 heteroatoms. The van der Waals surface area contributed by atoms with Crippen LogP contribution in [-0.2, 0) is 0 Å². The summed E-state index contributed by atoms with van der Waals surface area (Å²) in [5.41, 5.74) is 10.5. The summed E-state index contributed by atoms with van der Waals surface area (Å²) < 4.78 is 4.21. The molecular weight excluding hydrogens is 272 g/mol. The number of thiophene rings is 1. The van der Waals surface area contributed by atoms with Crippen LogP contribution in [0.5, 0.6) is 0 Å². The van der Waals surface area contributed by atoms with Crippen molar-refractivity contribution in [3.8, 4) is 21.6 Å². The third-order valence-electron chi connectivity index (χ3n) is 3.12. The topological polar surface area (TPSA) is 38.9 Å². The van der Waals surface area contributed by atoms with Crippen LogP contribution in [0, 0.1) is 13.8 Å². The number of hydrogen-bond acceptors (Lipinski definition) is 4. The number of aromatic nitrogens is 1. The van der Waals surface area contributed by atoms with Gasteiger partial charge in [-0.3, -0.25) is 0 Å². The van der Waals surface area contributed by atoms with E-state index < -0.39 is 0 Å². The summed E-state index contributed by atoms with van der Waals surface area (Å²) in [6, 6.07) is 10.5. The number of hydrogen-bond donors (Lipinski definition) is 1. The first-order chi connectivity index (χ1) is 9.15. The highest BCUT2D eigenvalue weighted by molar-refractivity contribution is 7.15. The van der Waals surface area contributed by atoms with E-state index in [-0.39, 0.29) is 0 Å². The molecule has 19 heavy (non-hydrogen) atoms. The molecule has 0 saturated carbocycles. The number of nitrogens with two attached hydrogens (primary N) is 1. The smallest absolute Gasteiger partial charge is 0.0488 e. The Morgan fingerprint density at radius 1 is 1.05 bits per heavy atom. The van der Waals surface area contributed by atoms with Crippen molar-refractivity contribution in [1.29, 1.82) is 0 Å². The van der Waals surface area contributed by atoms with Gasteiger partial charge in [-0.05, 0) is 49.1 Å². The summed E-state index contributed by atoms with van der Waals surface area (Å²) in [6.45, 7) is 4.19. The zero-order valence-electron chi connectivity index (χ0n) is 10.8. The van der Waals surface area contributed by atoms with Gasteiger partial charge in [-0.15, -0.1) is 11.3 Å². The Morgan fingerprint density at radius 2 is 1.89 bits per heavy atom. The van der Waals surface area contributed by atoms with Crippen LogP contribution in [0.1, 0.15) is 9.75 Å². The molecule has 0 saturated heterocycles. The van der Waals surface area contributed by atoms with Crippen LogP contribution < -0.4 is 5.73 Å². The average Bonchev–Trinajstić information content (AvgIpc) is 2.98. The Kier molecular flexibility index (Phi) is 3.12. The van der Waals surface area contributed by atoms with Crippen molar-refractivity contribution in [2.24, 2.45) is 0 Å². The highest BCUT2D eigenvalue weighted by Gasteiger charge is 2.09. The molecule has 0 aliphatic carbocycles. The molecule has 0 amide bonds. The van der Waals surface area contributed by atoms with E-state index in [2.05, 4.69) is 42.5 Å². The Labute approximate surface area is 120 Å². The summed E-state index contributed by atoms with van der Waals surface area (Å²) in [6.07, 6.45) is 1.91. The molecule has 0 aliphatic heterocycles. The van der Waals surface area contributed by atoms with Gasteiger partial charge >= 0.3 is 0 Å². The van der Waals surface area contributed by atoms with E-state index in [1.807, 2.05) is 12.3 Å². The van der Waals surface area contributed by atoms with Crippen LogP contribution >= 0.6 is 22.9 Å². The van der Waals surface area contributed by atoms with Gasteiger partial charge in [-0.2, -0.15) is 0 Å². The van der Waals surface area contributed by atoms with Crippen molar-refractivity contribution in [1.82, 2.24) is 4.37 Å². The fourth-order valence-corrected chi connectivity index (χ4v) is 3.61. The molecule has 0 bridgehead atoms. The Hall–Kier alpha value is -1.65. The minimum absolute atomic E-state index is 0.824. The second-order valence-corrected chi connectivity index (χ2v) is 6.80. The maximum absolute atomic E-state index is 6.21. The number of benzene rings is 1. The predicted octanol–water partition coefficient (Wildman–Crippen LogP) is 4.74. The van der Waals surface area contributed by atoms with Gasteiger partial charge in [0.15, 0.2) is 0 Å². The van der Waals surface area contributed by atoms with Crippen molar-refractivity contribution in [2.75, 3.05) is 5.73 Å². The monoisotopic (exact) mass is 286 g/mol. The van der Waals surface area contributed by atoms with Crippen molar-refractivity contribution in [2.45, 2.75) is 13.8 Å². The quantitative estimate of drug-likeness (QED) is 0.691. The van der Waals surface area contributed by atoms with E-state index in [0.29, 0.717) is 0 Å². The summed E-state index contributed by atoms with van der Waals surface area (Å²) >= 11 is 3.29. The zero-order chi connectivity index (χ0) is 13.4. The molecule has 96 valence electrons. The molecule has 1 aromatic carbocycles. The molecule has 2 nitrogen and oxygen atoms in total. The van der Waals surface area contributed by atoms with Gasteiger partial charge in [-0.1, -0.05) is 12.1 Å². The highest BCUT2D eigenvalue weighted by Crippen LogP contribution is 2.35. The molecule has 0 spiro atoms. The summed E-state index contributed by atoms with van der Waals surface area (Å²) in [5.74, 6) is 0. The lowest BCUT2D eigenvalue weighted by Crippen LogP contribution is -1.90. The summed E-state index contributed by atoms with van der Waals surface area (Å²) in [4.78, 5) is 3.75. The second kappa shape index (κ2) is 4.79. The van der Waals surface area contributed by atoms with Gasteiger partial charge in [0, 0.05) is 37.6 Å². The SMILES string of the molecule is Cc1ccc(-c2ccc(-c3cnsc3C)cc2N)s1.